The number of pyridine rings is 1. The smallest absolute Gasteiger partial charge is 0.312 e. The van der Waals surface area contributed by atoms with E-state index in [1.54, 1.807) is 25.5 Å². The van der Waals surface area contributed by atoms with Crippen molar-refractivity contribution in [3.8, 4) is 0 Å². The highest BCUT2D eigenvalue weighted by atomic mass is 16.4. The Kier molecular flexibility index (Phi) is 3.79. The molecule has 1 aromatic heterocycles. The zero-order valence-electron chi connectivity index (χ0n) is 8.38. The van der Waals surface area contributed by atoms with Crippen LogP contribution in [0.2, 0.25) is 0 Å². The zero-order valence-corrected chi connectivity index (χ0v) is 8.38. The van der Waals surface area contributed by atoms with Crippen LogP contribution in [0, 0.1) is 0 Å². The SMILES string of the molecule is CN(Cc1cccnc1)C(=O)CC(=O)O. The van der Waals surface area contributed by atoms with Crippen molar-refractivity contribution < 1.29 is 14.7 Å². The summed E-state index contributed by atoms with van der Waals surface area (Å²) in [5, 5.41) is 8.44. The number of carbonyl (C=O) groups excluding carboxylic acids is 1. The van der Waals surface area contributed by atoms with E-state index < -0.39 is 18.3 Å². The Labute approximate surface area is 87.4 Å². The van der Waals surface area contributed by atoms with Gasteiger partial charge in [0.25, 0.3) is 0 Å². The van der Waals surface area contributed by atoms with Crippen LogP contribution in [0.15, 0.2) is 24.5 Å². The van der Waals surface area contributed by atoms with E-state index in [1.165, 1.54) is 4.90 Å². The molecule has 1 N–H and O–H groups in total. The van der Waals surface area contributed by atoms with Gasteiger partial charge in [0.2, 0.25) is 5.91 Å². The molecule has 0 aliphatic rings. The third kappa shape index (κ3) is 3.76. The van der Waals surface area contributed by atoms with Crippen molar-refractivity contribution in [2.45, 2.75) is 13.0 Å². The molecule has 0 aliphatic heterocycles. The van der Waals surface area contributed by atoms with Crippen molar-refractivity contribution in [2.24, 2.45) is 0 Å². The van der Waals surface area contributed by atoms with Crippen LogP contribution in [0.1, 0.15) is 12.0 Å². The Morgan fingerprint density at radius 1 is 1.53 bits per heavy atom. The van der Waals surface area contributed by atoms with Crippen LogP contribution in [0.3, 0.4) is 0 Å². The van der Waals surface area contributed by atoms with Gasteiger partial charge in [-0.25, -0.2) is 0 Å². The first-order chi connectivity index (χ1) is 7.09. The lowest BCUT2D eigenvalue weighted by atomic mass is 10.2. The normalized spacial score (nSPS) is 9.67. The predicted octanol–water partition coefficient (Wildman–Crippen LogP) is 0.515. The molecular weight excluding hydrogens is 196 g/mol. The van der Waals surface area contributed by atoms with Gasteiger partial charge in [0.05, 0.1) is 0 Å². The zero-order chi connectivity index (χ0) is 11.3. The van der Waals surface area contributed by atoms with Crippen molar-refractivity contribution >= 4 is 11.9 Å². The Balaban J connectivity index is 2.52. The molecule has 0 fully saturated rings. The molecule has 0 atom stereocenters. The van der Waals surface area contributed by atoms with Gasteiger partial charge >= 0.3 is 5.97 Å². The number of amides is 1. The lowest BCUT2D eigenvalue weighted by Crippen LogP contribution is -2.28. The maximum atomic E-state index is 11.3. The summed E-state index contributed by atoms with van der Waals surface area (Å²) < 4.78 is 0. The molecule has 15 heavy (non-hydrogen) atoms. The highest BCUT2D eigenvalue weighted by Crippen LogP contribution is 2.02. The average molecular weight is 208 g/mol. The first kappa shape index (κ1) is 11.2. The topological polar surface area (TPSA) is 70.5 Å². The predicted molar refractivity (Wildman–Crippen MR) is 53.0 cm³/mol. The van der Waals surface area contributed by atoms with Crippen LogP contribution >= 0.6 is 0 Å². The number of carbonyl (C=O) groups is 2. The maximum Gasteiger partial charge on any atom is 0.312 e. The Hall–Kier alpha value is -1.91. The lowest BCUT2D eigenvalue weighted by molar-refractivity contribution is -0.143. The molecule has 0 bridgehead atoms. The summed E-state index contributed by atoms with van der Waals surface area (Å²) in [6, 6.07) is 3.60. The maximum absolute atomic E-state index is 11.3. The third-order valence-electron chi connectivity index (χ3n) is 1.87. The summed E-state index contributed by atoms with van der Waals surface area (Å²) in [4.78, 5) is 26.9. The van der Waals surface area contributed by atoms with E-state index in [0.717, 1.165) is 5.56 Å². The highest BCUT2D eigenvalue weighted by molar-refractivity contribution is 5.93. The molecule has 0 aliphatic carbocycles. The molecule has 0 saturated heterocycles. The molecule has 1 heterocycles. The number of rotatable bonds is 4. The number of hydrogen-bond donors (Lipinski definition) is 1. The minimum absolute atomic E-state index is 0.375. The van der Waals surface area contributed by atoms with Gasteiger partial charge in [0.1, 0.15) is 6.42 Å². The van der Waals surface area contributed by atoms with Gasteiger partial charge < -0.3 is 10.0 Å². The number of aliphatic carboxylic acids is 1. The van der Waals surface area contributed by atoms with E-state index in [4.69, 9.17) is 5.11 Å². The first-order valence-corrected chi connectivity index (χ1v) is 4.44. The van der Waals surface area contributed by atoms with E-state index in [1.807, 2.05) is 6.07 Å². The van der Waals surface area contributed by atoms with Crippen LogP contribution < -0.4 is 0 Å². The minimum atomic E-state index is -1.11. The molecule has 1 rings (SSSR count). The fourth-order valence-electron chi connectivity index (χ4n) is 1.12. The molecule has 5 nitrogen and oxygen atoms in total. The van der Waals surface area contributed by atoms with Crippen LogP contribution in [-0.4, -0.2) is 33.9 Å². The van der Waals surface area contributed by atoms with Gasteiger partial charge in [-0.3, -0.25) is 14.6 Å². The molecule has 80 valence electrons. The summed E-state index contributed by atoms with van der Waals surface area (Å²) in [6.07, 6.45) is 2.81. The second kappa shape index (κ2) is 5.09. The van der Waals surface area contributed by atoms with Gasteiger partial charge in [-0.15, -0.1) is 0 Å². The fraction of sp³-hybridized carbons (Fsp3) is 0.300. The van der Waals surface area contributed by atoms with Gasteiger partial charge in [-0.2, -0.15) is 0 Å². The summed E-state index contributed by atoms with van der Waals surface area (Å²) in [5.41, 5.74) is 0.874. The van der Waals surface area contributed by atoms with Crippen LogP contribution in [0.4, 0.5) is 0 Å². The molecule has 5 heteroatoms. The Morgan fingerprint density at radius 3 is 2.80 bits per heavy atom. The van der Waals surface area contributed by atoms with Gasteiger partial charge in [-0.05, 0) is 11.6 Å². The fourth-order valence-corrected chi connectivity index (χ4v) is 1.12. The van der Waals surface area contributed by atoms with E-state index >= 15 is 0 Å². The number of carboxylic acid groups (broad SMARTS) is 1. The van der Waals surface area contributed by atoms with E-state index in [9.17, 15) is 9.59 Å². The number of nitrogens with zero attached hydrogens (tertiary/aromatic N) is 2. The minimum Gasteiger partial charge on any atom is -0.481 e. The monoisotopic (exact) mass is 208 g/mol. The summed E-state index contributed by atoms with van der Waals surface area (Å²) in [6.45, 7) is 0.375. The van der Waals surface area contributed by atoms with Crippen molar-refractivity contribution in [1.82, 2.24) is 9.88 Å². The molecular formula is C10H12N2O3. The molecule has 0 saturated carbocycles. The number of aromatic nitrogens is 1. The van der Waals surface area contributed by atoms with Crippen molar-refractivity contribution in [1.29, 1.82) is 0 Å². The summed E-state index contributed by atoms with van der Waals surface area (Å²) in [5.74, 6) is -1.52. The second-order valence-electron chi connectivity index (χ2n) is 3.18. The Bertz CT molecular complexity index is 351. The first-order valence-electron chi connectivity index (χ1n) is 4.44. The largest absolute Gasteiger partial charge is 0.481 e. The third-order valence-corrected chi connectivity index (χ3v) is 1.87. The van der Waals surface area contributed by atoms with Gasteiger partial charge in [0.15, 0.2) is 0 Å². The van der Waals surface area contributed by atoms with Crippen LogP contribution in [-0.2, 0) is 16.1 Å². The second-order valence-corrected chi connectivity index (χ2v) is 3.18. The lowest BCUT2D eigenvalue weighted by Gasteiger charge is -2.15. The highest BCUT2D eigenvalue weighted by Gasteiger charge is 2.12. The molecule has 0 unspecified atom stereocenters. The number of carboxylic acids is 1. The molecule has 1 aromatic rings. The van der Waals surface area contributed by atoms with E-state index in [2.05, 4.69) is 4.98 Å². The van der Waals surface area contributed by atoms with Gasteiger partial charge in [-0.1, -0.05) is 6.07 Å². The Morgan fingerprint density at radius 2 is 2.27 bits per heavy atom. The molecule has 0 aromatic carbocycles. The van der Waals surface area contributed by atoms with Gasteiger partial charge in [0, 0.05) is 26.0 Å². The van der Waals surface area contributed by atoms with Crippen molar-refractivity contribution in [3.05, 3.63) is 30.1 Å². The number of hydrogen-bond acceptors (Lipinski definition) is 3. The van der Waals surface area contributed by atoms with Crippen LogP contribution in [0.25, 0.3) is 0 Å². The molecule has 0 spiro atoms. The van der Waals surface area contributed by atoms with Crippen molar-refractivity contribution in [2.75, 3.05) is 7.05 Å². The molecule has 0 radical (unpaired) electrons. The standard InChI is InChI=1S/C10H12N2O3/c1-12(9(13)5-10(14)15)7-8-3-2-4-11-6-8/h2-4,6H,5,7H2,1H3,(H,14,15). The van der Waals surface area contributed by atoms with E-state index in [0.29, 0.717) is 6.54 Å². The average Bonchev–Trinajstić information content (AvgIpc) is 2.18. The van der Waals surface area contributed by atoms with Crippen LogP contribution in [0.5, 0.6) is 0 Å². The van der Waals surface area contributed by atoms with E-state index in [-0.39, 0.29) is 0 Å². The van der Waals surface area contributed by atoms with Crippen molar-refractivity contribution in [3.63, 3.8) is 0 Å². The molecule has 1 amide bonds. The summed E-state index contributed by atoms with van der Waals surface area (Å²) in [7, 11) is 1.57. The quantitative estimate of drug-likeness (QED) is 0.732. The summed E-state index contributed by atoms with van der Waals surface area (Å²) >= 11 is 0.